The Morgan fingerprint density at radius 2 is 0.569 bits per heavy atom. The van der Waals surface area contributed by atoms with Gasteiger partial charge >= 0.3 is 0 Å². The van der Waals surface area contributed by atoms with Crippen LogP contribution in [0.1, 0.15) is 26.3 Å². The van der Waals surface area contributed by atoms with Crippen molar-refractivity contribution in [2.75, 3.05) is 0 Å². The van der Waals surface area contributed by atoms with E-state index < -0.39 is 0 Å². The van der Waals surface area contributed by atoms with Crippen molar-refractivity contribution in [3.8, 4) is 89.0 Å². The van der Waals surface area contributed by atoms with E-state index in [9.17, 15) is 0 Å². The number of benzene rings is 10. The molecule has 2 aliphatic carbocycles. The van der Waals surface area contributed by atoms with Gasteiger partial charge in [-0.05, 0) is 133 Å². The van der Waals surface area contributed by atoms with Gasteiger partial charge in [-0.15, -0.1) is 0 Å². The van der Waals surface area contributed by atoms with Crippen LogP contribution in [-0.4, -0.2) is 0 Å². The number of hydrogen-bond donors (Lipinski definition) is 0. The van der Waals surface area contributed by atoms with Crippen molar-refractivity contribution in [1.29, 1.82) is 0 Å². The SMILES string of the molecule is CC.CCc1ccc2c(-c3ccccc3)c3c(c(-c4ccccc4)c2c1)-c1ccc2c4c(ccc-3c14)-c1c-2c(-c2ccccc2)c2ccccc2c1-c1ccccc1. The van der Waals surface area contributed by atoms with E-state index in [4.69, 9.17) is 0 Å². The van der Waals surface area contributed by atoms with Crippen LogP contribution >= 0.6 is 0 Å². The lowest BCUT2D eigenvalue weighted by Crippen LogP contribution is -1.95. The summed E-state index contributed by atoms with van der Waals surface area (Å²) < 4.78 is 0. The minimum Gasteiger partial charge on any atom is -0.0683 e. The van der Waals surface area contributed by atoms with E-state index in [1.165, 1.54) is 127 Å². The van der Waals surface area contributed by atoms with Crippen molar-refractivity contribution in [1.82, 2.24) is 0 Å². The molecule has 274 valence electrons. The lowest BCUT2D eigenvalue weighted by Gasteiger charge is -2.21. The first-order valence-corrected chi connectivity index (χ1v) is 20.8. The zero-order valence-electron chi connectivity index (χ0n) is 33.1. The van der Waals surface area contributed by atoms with E-state index in [0.29, 0.717) is 0 Å². The van der Waals surface area contributed by atoms with Gasteiger partial charge in [0.1, 0.15) is 0 Å². The summed E-state index contributed by atoms with van der Waals surface area (Å²) in [6.07, 6.45) is 0.991. The lowest BCUT2D eigenvalue weighted by atomic mass is 9.81. The third-order valence-electron chi connectivity index (χ3n) is 12.5. The van der Waals surface area contributed by atoms with Crippen molar-refractivity contribution in [2.45, 2.75) is 27.2 Å². The van der Waals surface area contributed by atoms with E-state index in [0.717, 1.165) is 6.42 Å². The van der Waals surface area contributed by atoms with Gasteiger partial charge in [0.15, 0.2) is 0 Å². The Hall–Kier alpha value is -7.02. The maximum Gasteiger partial charge on any atom is -0.000740 e. The van der Waals surface area contributed by atoms with Crippen LogP contribution in [0.25, 0.3) is 121 Å². The van der Waals surface area contributed by atoms with Gasteiger partial charge in [0, 0.05) is 0 Å². The van der Waals surface area contributed by atoms with Crippen molar-refractivity contribution in [2.24, 2.45) is 0 Å². The highest BCUT2D eigenvalue weighted by molar-refractivity contribution is 6.35. The minimum absolute atomic E-state index is 0.991. The highest BCUT2D eigenvalue weighted by atomic mass is 14.4. The first kappa shape index (κ1) is 34.2. The maximum absolute atomic E-state index is 2.46. The summed E-state index contributed by atoms with van der Waals surface area (Å²) in [6, 6.07) is 70.3. The zero-order chi connectivity index (χ0) is 38.9. The number of aryl methyl sites for hydroxylation is 1. The Bertz CT molecular complexity index is 3140. The van der Waals surface area contributed by atoms with Crippen LogP contribution in [0.3, 0.4) is 0 Å². The Kier molecular flexibility index (Phi) is 8.02. The molecule has 0 saturated heterocycles. The maximum atomic E-state index is 2.46. The Balaban J connectivity index is 0.00000190. The number of fused-ring (bicyclic) bond motifs is 8. The largest absolute Gasteiger partial charge is 0.0683 e. The van der Waals surface area contributed by atoms with Gasteiger partial charge in [-0.1, -0.05) is 209 Å². The summed E-state index contributed by atoms with van der Waals surface area (Å²) in [6.45, 7) is 6.26. The molecule has 0 aliphatic heterocycles. The highest BCUT2D eigenvalue weighted by Gasteiger charge is 2.37. The normalized spacial score (nSPS) is 11.8. The van der Waals surface area contributed by atoms with E-state index in [1.807, 2.05) is 13.8 Å². The summed E-state index contributed by atoms with van der Waals surface area (Å²) in [4.78, 5) is 0. The van der Waals surface area contributed by atoms with Crippen LogP contribution in [0.2, 0.25) is 0 Å². The third kappa shape index (κ3) is 4.82. The van der Waals surface area contributed by atoms with Crippen LogP contribution in [0, 0.1) is 0 Å². The van der Waals surface area contributed by atoms with Gasteiger partial charge in [-0.25, -0.2) is 0 Å². The van der Waals surface area contributed by atoms with E-state index >= 15 is 0 Å². The second kappa shape index (κ2) is 13.6. The van der Waals surface area contributed by atoms with Gasteiger partial charge in [-0.3, -0.25) is 0 Å². The molecule has 0 N–H and O–H groups in total. The number of hydrogen-bond acceptors (Lipinski definition) is 0. The summed E-state index contributed by atoms with van der Waals surface area (Å²) in [5, 5.41) is 7.94. The van der Waals surface area contributed by atoms with Gasteiger partial charge < -0.3 is 0 Å². The van der Waals surface area contributed by atoms with E-state index in [-0.39, 0.29) is 0 Å². The first-order chi connectivity index (χ1) is 28.8. The molecular formula is C58H42. The summed E-state index contributed by atoms with van der Waals surface area (Å²) in [7, 11) is 0. The monoisotopic (exact) mass is 738 g/mol. The third-order valence-corrected chi connectivity index (χ3v) is 12.5. The average Bonchev–Trinajstić information content (AvgIpc) is 3.81. The molecule has 0 nitrogen and oxygen atoms in total. The molecule has 0 aromatic heterocycles. The molecule has 0 atom stereocenters. The van der Waals surface area contributed by atoms with Gasteiger partial charge in [-0.2, -0.15) is 0 Å². The van der Waals surface area contributed by atoms with Crippen LogP contribution in [0.4, 0.5) is 0 Å². The highest BCUT2D eigenvalue weighted by Crippen LogP contribution is 2.64. The minimum atomic E-state index is 0.991. The molecule has 0 heterocycles. The average molecular weight is 739 g/mol. The Morgan fingerprint density at radius 1 is 0.276 bits per heavy atom. The molecule has 2 aliphatic rings. The summed E-state index contributed by atoms with van der Waals surface area (Å²) >= 11 is 0. The Labute approximate surface area is 340 Å². The van der Waals surface area contributed by atoms with Crippen molar-refractivity contribution >= 4 is 32.3 Å². The molecule has 0 fully saturated rings. The first-order valence-electron chi connectivity index (χ1n) is 20.8. The molecule has 0 unspecified atom stereocenters. The molecule has 0 saturated carbocycles. The van der Waals surface area contributed by atoms with Gasteiger partial charge in [0.25, 0.3) is 0 Å². The van der Waals surface area contributed by atoms with Crippen LogP contribution in [0.5, 0.6) is 0 Å². The fraction of sp³-hybridized carbons (Fsp3) is 0.0690. The van der Waals surface area contributed by atoms with Crippen LogP contribution in [-0.2, 0) is 6.42 Å². The quantitative estimate of drug-likeness (QED) is 0.165. The molecule has 0 spiro atoms. The molecule has 0 bridgehead atoms. The van der Waals surface area contributed by atoms with E-state index in [2.05, 4.69) is 195 Å². The molecular weight excluding hydrogens is 697 g/mol. The van der Waals surface area contributed by atoms with Crippen LogP contribution in [0.15, 0.2) is 188 Å². The molecule has 0 amide bonds. The standard InChI is InChI=1S/C56H36.C2H6/c1-2-34-27-28-41-46(33-34)50(38-23-13-6-14-24-38)56-45-32-31-43-51-42(29-30-44(52(45)51)55(56)49(41)37-21-11-5-12-22-37)53-47(35-17-7-3-8-18-35)39-25-15-16-26-40(39)48(54(43)53)36-19-9-4-10-20-36;1-2/h3-33H,2H2,1H3;1-2H3. The fourth-order valence-electron chi connectivity index (χ4n) is 10.2. The summed E-state index contributed by atoms with van der Waals surface area (Å²) in [5.74, 6) is 0. The van der Waals surface area contributed by atoms with Crippen molar-refractivity contribution in [3.63, 3.8) is 0 Å². The molecule has 12 rings (SSSR count). The predicted molar refractivity (Wildman–Crippen MR) is 250 cm³/mol. The molecule has 10 aromatic rings. The molecule has 0 heteroatoms. The second-order valence-electron chi connectivity index (χ2n) is 15.3. The molecule has 10 aromatic carbocycles. The Morgan fingerprint density at radius 3 is 0.897 bits per heavy atom. The van der Waals surface area contributed by atoms with Gasteiger partial charge in [0.2, 0.25) is 0 Å². The van der Waals surface area contributed by atoms with Crippen molar-refractivity contribution in [3.05, 3.63) is 194 Å². The van der Waals surface area contributed by atoms with Crippen molar-refractivity contribution < 1.29 is 0 Å². The second-order valence-corrected chi connectivity index (χ2v) is 15.3. The fourth-order valence-corrected chi connectivity index (χ4v) is 10.2. The van der Waals surface area contributed by atoms with E-state index in [1.54, 1.807) is 0 Å². The smallest absolute Gasteiger partial charge is 0.000740 e. The zero-order valence-corrected chi connectivity index (χ0v) is 33.1. The predicted octanol–water partition coefficient (Wildman–Crippen LogP) is 16.7. The van der Waals surface area contributed by atoms with Gasteiger partial charge in [0.05, 0.1) is 0 Å². The lowest BCUT2D eigenvalue weighted by molar-refractivity contribution is 1.15. The molecule has 0 radical (unpaired) electrons. The summed E-state index contributed by atoms with van der Waals surface area (Å²) in [5.41, 5.74) is 22.3. The number of rotatable bonds is 5. The topological polar surface area (TPSA) is 0 Å². The van der Waals surface area contributed by atoms with Crippen LogP contribution < -0.4 is 0 Å². The molecule has 58 heavy (non-hydrogen) atoms.